The summed E-state index contributed by atoms with van der Waals surface area (Å²) in [7, 11) is 0. The van der Waals surface area contributed by atoms with E-state index in [4.69, 9.17) is 16.7 Å². The van der Waals surface area contributed by atoms with E-state index in [1.165, 1.54) is 0 Å². The molecule has 0 aliphatic carbocycles. The zero-order chi connectivity index (χ0) is 10.7. The van der Waals surface area contributed by atoms with Crippen LogP contribution in [0, 0.1) is 11.6 Å². The van der Waals surface area contributed by atoms with Crippen LogP contribution in [0.3, 0.4) is 0 Å². The molecule has 0 aromatic heterocycles. The predicted octanol–water partition coefficient (Wildman–Crippen LogP) is 2.72. The zero-order valence-corrected chi connectivity index (χ0v) is 7.55. The highest BCUT2D eigenvalue weighted by molar-refractivity contribution is 6.30. The molecule has 1 rings (SSSR count). The molecule has 0 bridgehead atoms. The third-order valence-corrected chi connectivity index (χ3v) is 1.79. The Hall–Kier alpha value is -1.42. The summed E-state index contributed by atoms with van der Waals surface area (Å²) < 4.78 is 25.6. The lowest BCUT2D eigenvalue weighted by Gasteiger charge is -1.98. The summed E-state index contributed by atoms with van der Waals surface area (Å²) in [4.78, 5) is 10.1. The fourth-order valence-corrected chi connectivity index (χ4v) is 0.948. The number of halogens is 3. The van der Waals surface area contributed by atoms with Crippen molar-refractivity contribution in [2.75, 3.05) is 0 Å². The van der Waals surface area contributed by atoms with Crippen molar-refractivity contribution in [3.05, 3.63) is 40.4 Å². The Balaban J connectivity index is 3.07. The van der Waals surface area contributed by atoms with Crippen LogP contribution < -0.4 is 0 Å². The van der Waals surface area contributed by atoms with Crippen molar-refractivity contribution in [2.45, 2.75) is 0 Å². The summed E-state index contributed by atoms with van der Waals surface area (Å²) in [6.07, 6.45) is 1.85. The van der Waals surface area contributed by atoms with Gasteiger partial charge in [-0.25, -0.2) is 13.6 Å². The topological polar surface area (TPSA) is 37.3 Å². The zero-order valence-electron chi connectivity index (χ0n) is 6.80. The molecule has 0 amide bonds. The van der Waals surface area contributed by atoms with Gasteiger partial charge in [-0.15, -0.1) is 0 Å². The maximum absolute atomic E-state index is 12.8. The van der Waals surface area contributed by atoms with Gasteiger partial charge >= 0.3 is 5.97 Å². The molecule has 1 aromatic carbocycles. The number of benzene rings is 1. The van der Waals surface area contributed by atoms with Crippen molar-refractivity contribution in [3.8, 4) is 0 Å². The molecule has 0 spiro atoms. The molecule has 0 saturated carbocycles. The number of rotatable bonds is 2. The van der Waals surface area contributed by atoms with Crippen LogP contribution in [0.4, 0.5) is 8.78 Å². The van der Waals surface area contributed by atoms with E-state index >= 15 is 0 Å². The van der Waals surface area contributed by atoms with E-state index in [-0.39, 0.29) is 5.56 Å². The smallest absolute Gasteiger partial charge is 0.328 e. The van der Waals surface area contributed by atoms with E-state index in [0.29, 0.717) is 0 Å². The molecule has 0 aliphatic rings. The first-order valence-corrected chi connectivity index (χ1v) is 3.94. The molecule has 2 nitrogen and oxygen atoms in total. The van der Waals surface area contributed by atoms with Gasteiger partial charge in [0.25, 0.3) is 0 Å². The first-order valence-electron chi connectivity index (χ1n) is 3.56. The van der Waals surface area contributed by atoms with Gasteiger partial charge in [0.05, 0.1) is 0 Å². The molecule has 14 heavy (non-hydrogen) atoms. The van der Waals surface area contributed by atoms with Gasteiger partial charge in [-0.2, -0.15) is 0 Å². The molecule has 5 heteroatoms. The van der Waals surface area contributed by atoms with Gasteiger partial charge in [0.1, 0.15) is 16.7 Å². The van der Waals surface area contributed by atoms with Gasteiger partial charge in [0, 0.05) is 6.08 Å². The lowest BCUT2D eigenvalue weighted by molar-refractivity contribution is -0.131. The standard InChI is InChI=1S/C9H5ClF2O2/c10-9-6(11)3-5(4-7(9)12)1-2-8(13)14/h1-4H,(H,13,14)/b2-1+. The van der Waals surface area contributed by atoms with Crippen LogP contribution in [-0.4, -0.2) is 11.1 Å². The number of carboxylic acids is 1. The minimum Gasteiger partial charge on any atom is -0.478 e. The molecular formula is C9H5ClF2O2. The monoisotopic (exact) mass is 218 g/mol. The second-order valence-corrected chi connectivity index (χ2v) is 2.85. The third kappa shape index (κ3) is 2.53. The van der Waals surface area contributed by atoms with Crippen molar-refractivity contribution in [1.82, 2.24) is 0 Å². The van der Waals surface area contributed by atoms with E-state index in [9.17, 15) is 13.6 Å². The number of carboxylic acid groups (broad SMARTS) is 1. The Kier molecular flexibility index (Phi) is 3.19. The van der Waals surface area contributed by atoms with Crippen molar-refractivity contribution in [1.29, 1.82) is 0 Å². The average molecular weight is 219 g/mol. The van der Waals surface area contributed by atoms with Crippen LogP contribution in [0.15, 0.2) is 18.2 Å². The Bertz CT molecular complexity index is 379. The minimum absolute atomic E-state index is 0.104. The van der Waals surface area contributed by atoms with Gasteiger partial charge < -0.3 is 5.11 Å². The summed E-state index contributed by atoms with van der Waals surface area (Å²) >= 11 is 5.22. The Morgan fingerprint density at radius 3 is 2.29 bits per heavy atom. The largest absolute Gasteiger partial charge is 0.478 e. The van der Waals surface area contributed by atoms with E-state index < -0.39 is 22.6 Å². The lowest BCUT2D eigenvalue weighted by atomic mass is 10.2. The Morgan fingerprint density at radius 2 is 1.86 bits per heavy atom. The van der Waals surface area contributed by atoms with Crippen molar-refractivity contribution in [3.63, 3.8) is 0 Å². The molecular weight excluding hydrogens is 214 g/mol. The lowest BCUT2D eigenvalue weighted by Crippen LogP contribution is -1.88. The Morgan fingerprint density at radius 1 is 1.36 bits per heavy atom. The first-order chi connectivity index (χ1) is 6.50. The fourth-order valence-electron chi connectivity index (χ4n) is 0.839. The molecule has 0 heterocycles. The molecule has 1 N–H and O–H groups in total. The van der Waals surface area contributed by atoms with Crippen molar-refractivity contribution in [2.24, 2.45) is 0 Å². The highest BCUT2D eigenvalue weighted by atomic mass is 35.5. The highest BCUT2D eigenvalue weighted by Crippen LogP contribution is 2.20. The number of hydrogen-bond donors (Lipinski definition) is 1. The maximum Gasteiger partial charge on any atom is 0.328 e. The van der Waals surface area contributed by atoms with Crippen LogP contribution >= 0.6 is 11.6 Å². The molecule has 0 fully saturated rings. The molecule has 0 atom stereocenters. The molecule has 0 radical (unpaired) electrons. The van der Waals surface area contributed by atoms with Gasteiger partial charge in [-0.05, 0) is 23.8 Å². The van der Waals surface area contributed by atoms with E-state index in [1.54, 1.807) is 0 Å². The molecule has 1 aromatic rings. The van der Waals surface area contributed by atoms with Gasteiger partial charge in [0.15, 0.2) is 0 Å². The van der Waals surface area contributed by atoms with Gasteiger partial charge in [-0.3, -0.25) is 0 Å². The highest BCUT2D eigenvalue weighted by Gasteiger charge is 2.07. The minimum atomic E-state index is -1.19. The average Bonchev–Trinajstić information content (AvgIpc) is 2.10. The number of aliphatic carboxylic acids is 1. The van der Waals surface area contributed by atoms with Crippen molar-refractivity contribution >= 4 is 23.6 Å². The van der Waals surface area contributed by atoms with Gasteiger partial charge in [-0.1, -0.05) is 11.6 Å². The number of carbonyl (C=O) groups is 1. The second kappa shape index (κ2) is 4.19. The quantitative estimate of drug-likeness (QED) is 0.612. The summed E-state index contributed by atoms with van der Waals surface area (Å²) in [6, 6.07) is 1.90. The van der Waals surface area contributed by atoms with Crippen molar-refractivity contribution < 1.29 is 18.7 Å². The molecule has 74 valence electrons. The van der Waals surface area contributed by atoms with Crippen LogP contribution in [0.25, 0.3) is 6.08 Å². The van der Waals surface area contributed by atoms with Gasteiger partial charge in [0.2, 0.25) is 0 Å². The predicted molar refractivity (Wildman–Crippen MR) is 48.0 cm³/mol. The molecule has 0 aliphatic heterocycles. The van der Waals surface area contributed by atoms with Crippen LogP contribution in [0.2, 0.25) is 5.02 Å². The summed E-state index contributed by atoms with van der Waals surface area (Å²) in [6.45, 7) is 0. The second-order valence-electron chi connectivity index (χ2n) is 2.47. The van der Waals surface area contributed by atoms with Crippen LogP contribution in [0.5, 0.6) is 0 Å². The molecule has 0 unspecified atom stereocenters. The Labute approximate surface area is 83.4 Å². The maximum atomic E-state index is 12.8. The van der Waals surface area contributed by atoms with E-state index in [2.05, 4.69) is 0 Å². The van der Waals surface area contributed by atoms with Crippen LogP contribution in [0.1, 0.15) is 5.56 Å². The van der Waals surface area contributed by atoms with E-state index in [1.807, 2.05) is 0 Å². The molecule has 0 saturated heterocycles. The first kappa shape index (κ1) is 10.7. The number of hydrogen-bond acceptors (Lipinski definition) is 1. The SMILES string of the molecule is O=C(O)/C=C/c1cc(F)c(Cl)c(F)c1. The normalized spacial score (nSPS) is 10.8. The summed E-state index contributed by atoms with van der Waals surface area (Å²) in [5, 5.41) is 7.67. The summed E-state index contributed by atoms with van der Waals surface area (Å²) in [5.41, 5.74) is 0.104. The summed E-state index contributed by atoms with van der Waals surface area (Å²) in [5.74, 6) is -3.03. The van der Waals surface area contributed by atoms with Crippen LogP contribution in [-0.2, 0) is 4.79 Å². The third-order valence-electron chi connectivity index (χ3n) is 1.42. The van der Waals surface area contributed by atoms with E-state index in [0.717, 1.165) is 24.3 Å². The fraction of sp³-hybridized carbons (Fsp3) is 0.